The van der Waals surface area contributed by atoms with Crippen molar-refractivity contribution in [2.45, 2.75) is 46.3 Å². The first-order valence-corrected chi connectivity index (χ1v) is 8.87. The molecule has 0 heterocycles. The van der Waals surface area contributed by atoms with Gasteiger partial charge in [0, 0.05) is 45.9 Å². The number of hydrogen-bond acceptors (Lipinski definition) is 3. The van der Waals surface area contributed by atoms with Crippen LogP contribution in [0.25, 0.3) is 0 Å². The summed E-state index contributed by atoms with van der Waals surface area (Å²) in [7, 11) is 3.96. The van der Waals surface area contributed by atoms with Crippen LogP contribution in [0.4, 0.5) is 0 Å². The molecular formula is C19H34N4O. The van der Waals surface area contributed by atoms with E-state index in [9.17, 15) is 0 Å². The quantitative estimate of drug-likeness (QED) is 0.392. The number of hydrogen-bond donors (Lipinski definition) is 2. The van der Waals surface area contributed by atoms with Crippen molar-refractivity contribution >= 4 is 5.96 Å². The van der Waals surface area contributed by atoms with Crippen molar-refractivity contribution in [2.75, 3.05) is 33.9 Å². The number of aliphatic imine (C=N–C) groups is 1. The van der Waals surface area contributed by atoms with Crippen molar-refractivity contribution in [3.05, 3.63) is 35.4 Å². The number of benzene rings is 1. The first-order chi connectivity index (χ1) is 11.6. The van der Waals surface area contributed by atoms with Gasteiger partial charge in [-0.15, -0.1) is 0 Å². The average Bonchev–Trinajstić information content (AvgIpc) is 2.58. The third-order valence-corrected chi connectivity index (χ3v) is 4.05. The lowest BCUT2D eigenvalue weighted by atomic mass is 10.1. The van der Waals surface area contributed by atoms with Gasteiger partial charge in [0.15, 0.2) is 5.96 Å². The minimum absolute atomic E-state index is 0.533. The number of rotatable bonds is 10. The Balaban J connectivity index is 2.50. The van der Waals surface area contributed by atoms with E-state index in [4.69, 9.17) is 4.74 Å². The molecule has 0 amide bonds. The van der Waals surface area contributed by atoms with E-state index in [1.165, 1.54) is 11.1 Å². The molecule has 1 aromatic rings. The predicted octanol–water partition coefficient (Wildman–Crippen LogP) is 2.62. The third kappa shape index (κ3) is 7.79. The van der Waals surface area contributed by atoms with Gasteiger partial charge in [-0.05, 0) is 45.4 Å². The highest BCUT2D eigenvalue weighted by molar-refractivity contribution is 5.79. The molecule has 0 radical (unpaired) electrons. The standard InChI is InChI=1S/C19H34N4O/c1-6-24-13-9-12-21-19(20-4)22-14-17-10-7-8-11-18(17)15-23(5)16(2)3/h7-8,10-11,16H,6,9,12-15H2,1-5H3,(H2,20,21,22). The van der Waals surface area contributed by atoms with Crippen molar-refractivity contribution in [1.82, 2.24) is 15.5 Å². The van der Waals surface area contributed by atoms with Crippen LogP contribution in [0.5, 0.6) is 0 Å². The Morgan fingerprint density at radius 1 is 1.21 bits per heavy atom. The van der Waals surface area contributed by atoms with Gasteiger partial charge in [-0.1, -0.05) is 24.3 Å². The number of guanidine groups is 1. The van der Waals surface area contributed by atoms with Gasteiger partial charge in [0.05, 0.1) is 0 Å². The van der Waals surface area contributed by atoms with Crippen LogP contribution in [0.15, 0.2) is 29.3 Å². The van der Waals surface area contributed by atoms with Crippen LogP contribution in [-0.2, 0) is 17.8 Å². The zero-order chi connectivity index (χ0) is 17.8. The Morgan fingerprint density at radius 2 is 1.92 bits per heavy atom. The fraction of sp³-hybridized carbons (Fsp3) is 0.632. The molecule has 0 fully saturated rings. The van der Waals surface area contributed by atoms with E-state index in [0.717, 1.165) is 45.2 Å². The minimum atomic E-state index is 0.533. The fourth-order valence-electron chi connectivity index (χ4n) is 2.26. The summed E-state index contributed by atoms with van der Waals surface area (Å²) in [6, 6.07) is 9.11. The van der Waals surface area contributed by atoms with E-state index in [1.54, 1.807) is 7.05 Å². The maximum atomic E-state index is 5.35. The average molecular weight is 335 g/mol. The molecule has 5 heteroatoms. The topological polar surface area (TPSA) is 48.9 Å². The molecule has 0 unspecified atom stereocenters. The van der Waals surface area contributed by atoms with Crippen LogP contribution in [0, 0.1) is 0 Å². The molecule has 1 rings (SSSR count). The molecule has 0 saturated carbocycles. The van der Waals surface area contributed by atoms with Crippen molar-refractivity contribution in [1.29, 1.82) is 0 Å². The Kier molecular flexibility index (Phi) is 10.1. The lowest BCUT2D eigenvalue weighted by Gasteiger charge is -2.23. The maximum Gasteiger partial charge on any atom is 0.191 e. The number of nitrogens with zero attached hydrogens (tertiary/aromatic N) is 2. The van der Waals surface area contributed by atoms with Crippen molar-refractivity contribution in [3.63, 3.8) is 0 Å². The number of ether oxygens (including phenoxy) is 1. The largest absolute Gasteiger partial charge is 0.382 e. The SMILES string of the molecule is CCOCCCNC(=NC)NCc1ccccc1CN(C)C(C)C. The van der Waals surface area contributed by atoms with Crippen LogP contribution < -0.4 is 10.6 Å². The molecule has 0 spiro atoms. The third-order valence-electron chi connectivity index (χ3n) is 4.05. The van der Waals surface area contributed by atoms with Crippen molar-refractivity contribution in [3.8, 4) is 0 Å². The smallest absolute Gasteiger partial charge is 0.191 e. The zero-order valence-corrected chi connectivity index (χ0v) is 15.9. The molecule has 0 aliphatic rings. The summed E-state index contributed by atoms with van der Waals surface area (Å²) in [4.78, 5) is 6.63. The van der Waals surface area contributed by atoms with Gasteiger partial charge < -0.3 is 15.4 Å². The molecule has 24 heavy (non-hydrogen) atoms. The second-order valence-electron chi connectivity index (χ2n) is 6.18. The Morgan fingerprint density at radius 3 is 2.54 bits per heavy atom. The lowest BCUT2D eigenvalue weighted by molar-refractivity contribution is 0.145. The van der Waals surface area contributed by atoms with Crippen LogP contribution >= 0.6 is 0 Å². The molecule has 1 aromatic carbocycles. The fourth-order valence-corrected chi connectivity index (χ4v) is 2.26. The second kappa shape index (κ2) is 11.9. The van der Waals surface area contributed by atoms with Gasteiger partial charge in [-0.2, -0.15) is 0 Å². The van der Waals surface area contributed by atoms with E-state index in [1.807, 2.05) is 6.92 Å². The molecule has 2 N–H and O–H groups in total. The van der Waals surface area contributed by atoms with Crippen LogP contribution in [-0.4, -0.2) is 50.8 Å². The Bertz CT molecular complexity index is 488. The van der Waals surface area contributed by atoms with E-state index in [2.05, 4.69) is 65.7 Å². The molecule has 0 bridgehead atoms. The molecule has 5 nitrogen and oxygen atoms in total. The molecule has 0 aliphatic carbocycles. The summed E-state index contributed by atoms with van der Waals surface area (Å²) in [5, 5.41) is 6.72. The Hall–Kier alpha value is -1.59. The summed E-state index contributed by atoms with van der Waals surface area (Å²) in [5.74, 6) is 0.832. The van der Waals surface area contributed by atoms with Gasteiger partial charge in [-0.3, -0.25) is 9.89 Å². The zero-order valence-electron chi connectivity index (χ0n) is 15.9. The van der Waals surface area contributed by atoms with E-state index >= 15 is 0 Å². The van der Waals surface area contributed by atoms with Gasteiger partial charge in [0.25, 0.3) is 0 Å². The first-order valence-electron chi connectivity index (χ1n) is 8.87. The summed E-state index contributed by atoms with van der Waals surface area (Å²) < 4.78 is 5.35. The highest BCUT2D eigenvalue weighted by atomic mass is 16.5. The number of nitrogens with one attached hydrogen (secondary N) is 2. The molecule has 0 aliphatic heterocycles. The molecule has 0 atom stereocenters. The second-order valence-corrected chi connectivity index (χ2v) is 6.18. The first kappa shape index (κ1) is 20.5. The van der Waals surface area contributed by atoms with Crippen molar-refractivity contribution < 1.29 is 4.74 Å². The van der Waals surface area contributed by atoms with E-state index in [-0.39, 0.29) is 0 Å². The highest BCUT2D eigenvalue weighted by Gasteiger charge is 2.08. The van der Waals surface area contributed by atoms with Crippen LogP contribution in [0.2, 0.25) is 0 Å². The van der Waals surface area contributed by atoms with E-state index in [0.29, 0.717) is 6.04 Å². The monoisotopic (exact) mass is 334 g/mol. The maximum absolute atomic E-state index is 5.35. The van der Waals surface area contributed by atoms with Gasteiger partial charge in [0.2, 0.25) is 0 Å². The van der Waals surface area contributed by atoms with Gasteiger partial charge >= 0.3 is 0 Å². The molecular weight excluding hydrogens is 300 g/mol. The normalized spacial score (nSPS) is 12.0. The van der Waals surface area contributed by atoms with Crippen molar-refractivity contribution in [2.24, 2.45) is 4.99 Å². The predicted molar refractivity (Wildman–Crippen MR) is 102 cm³/mol. The van der Waals surface area contributed by atoms with Crippen LogP contribution in [0.3, 0.4) is 0 Å². The van der Waals surface area contributed by atoms with Crippen LogP contribution in [0.1, 0.15) is 38.3 Å². The summed E-state index contributed by atoms with van der Waals surface area (Å²) in [5.41, 5.74) is 2.66. The molecule has 0 saturated heterocycles. The summed E-state index contributed by atoms with van der Waals surface area (Å²) in [6.07, 6.45) is 0.976. The molecule has 0 aromatic heterocycles. The summed E-state index contributed by atoms with van der Waals surface area (Å²) >= 11 is 0. The highest BCUT2D eigenvalue weighted by Crippen LogP contribution is 2.12. The molecule has 136 valence electrons. The summed E-state index contributed by atoms with van der Waals surface area (Å²) in [6.45, 7) is 10.6. The van der Waals surface area contributed by atoms with Gasteiger partial charge in [-0.25, -0.2) is 0 Å². The minimum Gasteiger partial charge on any atom is -0.382 e. The Labute approximate surface area is 147 Å². The van der Waals surface area contributed by atoms with E-state index < -0.39 is 0 Å². The van der Waals surface area contributed by atoms with Gasteiger partial charge in [0.1, 0.15) is 0 Å². The lowest BCUT2D eigenvalue weighted by Crippen LogP contribution is -2.38.